The summed E-state index contributed by atoms with van der Waals surface area (Å²) >= 11 is 5.40. The van der Waals surface area contributed by atoms with Crippen LogP contribution in [-0.2, 0) is 6.54 Å². The van der Waals surface area contributed by atoms with E-state index in [2.05, 4.69) is 48.0 Å². The summed E-state index contributed by atoms with van der Waals surface area (Å²) in [6, 6.07) is 6.31. The Labute approximate surface area is 105 Å². The molecule has 15 heavy (non-hydrogen) atoms. The van der Waals surface area contributed by atoms with Crippen LogP contribution in [0.3, 0.4) is 0 Å². The van der Waals surface area contributed by atoms with E-state index >= 15 is 0 Å². The molecule has 0 bridgehead atoms. The Morgan fingerprint density at radius 2 is 2.20 bits per heavy atom. The first-order chi connectivity index (χ1) is 7.17. The molecular weight excluding hydrogens is 270 g/mol. The Hall–Kier alpha value is 0.01000. The molecule has 0 heterocycles. The molecule has 1 atom stereocenters. The molecule has 1 nitrogen and oxygen atoms in total. The lowest BCUT2D eigenvalue weighted by Gasteiger charge is -2.11. The molecule has 0 aliphatic heterocycles. The van der Waals surface area contributed by atoms with Crippen molar-refractivity contribution in [2.24, 2.45) is 11.7 Å². The lowest BCUT2D eigenvalue weighted by molar-refractivity contribution is 0.637. The van der Waals surface area contributed by atoms with Crippen molar-refractivity contribution in [3.8, 4) is 0 Å². The van der Waals surface area contributed by atoms with Crippen LogP contribution in [0.1, 0.15) is 25.8 Å². The van der Waals surface area contributed by atoms with Gasteiger partial charge in [-0.15, -0.1) is 11.8 Å². The van der Waals surface area contributed by atoms with Crippen molar-refractivity contribution in [1.82, 2.24) is 0 Å². The number of thioether (sulfide) groups is 1. The first-order valence-corrected chi connectivity index (χ1v) is 7.06. The monoisotopic (exact) mass is 287 g/mol. The van der Waals surface area contributed by atoms with Crippen LogP contribution in [0.15, 0.2) is 27.6 Å². The van der Waals surface area contributed by atoms with Crippen molar-refractivity contribution in [2.45, 2.75) is 31.7 Å². The summed E-state index contributed by atoms with van der Waals surface area (Å²) in [4.78, 5) is 1.31. The van der Waals surface area contributed by atoms with Gasteiger partial charge in [0.25, 0.3) is 0 Å². The van der Waals surface area contributed by atoms with E-state index in [1.165, 1.54) is 22.6 Å². The van der Waals surface area contributed by atoms with Gasteiger partial charge in [0, 0.05) is 21.7 Å². The second-order valence-electron chi connectivity index (χ2n) is 3.78. The highest BCUT2D eigenvalue weighted by atomic mass is 79.9. The molecule has 0 amide bonds. The van der Waals surface area contributed by atoms with Crippen molar-refractivity contribution in [3.05, 3.63) is 28.2 Å². The van der Waals surface area contributed by atoms with Gasteiger partial charge < -0.3 is 5.73 Å². The minimum atomic E-state index is 0.621. The predicted octanol–water partition coefficient (Wildman–Crippen LogP) is 4.05. The van der Waals surface area contributed by atoms with Gasteiger partial charge in [-0.3, -0.25) is 0 Å². The van der Waals surface area contributed by atoms with Gasteiger partial charge in [0.2, 0.25) is 0 Å². The van der Waals surface area contributed by atoms with Crippen LogP contribution < -0.4 is 5.73 Å². The Kier molecular flexibility index (Phi) is 5.72. The lowest BCUT2D eigenvalue weighted by Crippen LogP contribution is -2.00. The van der Waals surface area contributed by atoms with E-state index in [1.807, 2.05) is 11.8 Å². The van der Waals surface area contributed by atoms with E-state index in [0.717, 1.165) is 10.4 Å². The van der Waals surface area contributed by atoms with E-state index in [0.29, 0.717) is 6.54 Å². The molecule has 0 aliphatic rings. The third kappa shape index (κ3) is 4.17. The fourth-order valence-corrected chi connectivity index (χ4v) is 2.94. The molecule has 0 spiro atoms. The number of halogens is 1. The molecule has 1 rings (SSSR count). The van der Waals surface area contributed by atoms with E-state index in [1.54, 1.807) is 0 Å². The van der Waals surface area contributed by atoms with Gasteiger partial charge in [-0.05, 0) is 23.6 Å². The molecule has 2 N–H and O–H groups in total. The Bertz CT molecular complexity index is 314. The Morgan fingerprint density at radius 3 is 2.80 bits per heavy atom. The molecule has 0 saturated heterocycles. The van der Waals surface area contributed by atoms with Gasteiger partial charge in [-0.2, -0.15) is 0 Å². The third-order valence-electron chi connectivity index (χ3n) is 2.47. The summed E-state index contributed by atoms with van der Waals surface area (Å²) in [7, 11) is 0. The van der Waals surface area contributed by atoms with E-state index in [4.69, 9.17) is 5.73 Å². The topological polar surface area (TPSA) is 26.0 Å². The van der Waals surface area contributed by atoms with Crippen LogP contribution in [0.4, 0.5) is 0 Å². The molecule has 1 aromatic carbocycles. The van der Waals surface area contributed by atoms with Crippen LogP contribution in [-0.4, -0.2) is 5.75 Å². The molecular formula is C12H18BrNS. The standard InChI is InChI=1S/C12H18BrNS/c1-3-9(2)8-15-12-6-11(13)5-4-10(12)7-14/h4-6,9H,3,7-8,14H2,1-2H3. The van der Waals surface area contributed by atoms with Crippen molar-refractivity contribution >= 4 is 27.7 Å². The van der Waals surface area contributed by atoms with Crippen molar-refractivity contribution in [2.75, 3.05) is 5.75 Å². The maximum absolute atomic E-state index is 5.71. The highest BCUT2D eigenvalue weighted by Crippen LogP contribution is 2.28. The maximum atomic E-state index is 5.71. The second kappa shape index (κ2) is 6.56. The predicted molar refractivity (Wildman–Crippen MR) is 72.2 cm³/mol. The van der Waals surface area contributed by atoms with Crippen LogP contribution in [0, 0.1) is 5.92 Å². The van der Waals surface area contributed by atoms with E-state index in [9.17, 15) is 0 Å². The number of benzene rings is 1. The van der Waals surface area contributed by atoms with Gasteiger partial charge >= 0.3 is 0 Å². The van der Waals surface area contributed by atoms with E-state index < -0.39 is 0 Å². The highest BCUT2D eigenvalue weighted by molar-refractivity contribution is 9.10. The summed E-state index contributed by atoms with van der Waals surface area (Å²) in [5, 5.41) is 0. The fourth-order valence-electron chi connectivity index (χ4n) is 1.18. The Balaban J connectivity index is 2.69. The minimum absolute atomic E-state index is 0.621. The number of nitrogens with two attached hydrogens (primary N) is 1. The SMILES string of the molecule is CCC(C)CSc1cc(Br)ccc1CN. The van der Waals surface area contributed by atoms with Crippen molar-refractivity contribution in [1.29, 1.82) is 0 Å². The molecule has 0 aliphatic carbocycles. The summed E-state index contributed by atoms with van der Waals surface area (Å²) in [6.07, 6.45) is 1.24. The number of hydrogen-bond donors (Lipinski definition) is 1. The summed E-state index contributed by atoms with van der Waals surface area (Å²) in [5.41, 5.74) is 6.95. The quantitative estimate of drug-likeness (QED) is 0.827. The first kappa shape index (κ1) is 13.1. The van der Waals surface area contributed by atoms with E-state index in [-0.39, 0.29) is 0 Å². The average molecular weight is 288 g/mol. The molecule has 0 saturated carbocycles. The maximum Gasteiger partial charge on any atom is 0.0189 e. The third-order valence-corrected chi connectivity index (χ3v) is 4.39. The van der Waals surface area contributed by atoms with Crippen molar-refractivity contribution in [3.63, 3.8) is 0 Å². The van der Waals surface area contributed by atoms with Gasteiger partial charge in [0.1, 0.15) is 0 Å². The molecule has 0 fully saturated rings. The highest BCUT2D eigenvalue weighted by Gasteiger charge is 2.05. The normalized spacial score (nSPS) is 12.8. The van der Waals surface area contributed by atoms with Crippen LogP contribution in [0.2, 0.25) is 0 Å². The zero-order valence-electron chi connectivity index (χ0n) is 9.29. The second-order valence-corrected chi connectivity index (χ2v) is 5.76. The van der Waals surface area contributed by atoms with Gasteiger partial charge in [0.15, 0.2) is 0 Å². The molecule has 0 aromatic heterocycles. The molecule has 84 valence electrons. The lowest BCUT2D eigenvalue weighted by atomic mass is 10.2. The average Bonchev–Trinajstić information content (AvgIpc) is 2.26. The molecule has 0 radical (unpaired) electrons. The fraction of sp³-hybridized carbons (Fsp3) is 0.500. The number of hydrogen-bond acceptors (Lipinski definition) is 2. The first-order valence-electron chi connectivity index (χ1n) is 5.28. The molecule has 1 unspecified atom stereocenters. The van der Waals surface area contributed by atoms with Crippen LogP contribution in [0.25, 0.3) is 0 Å². The van der Waals surface area contributed by atoms with Crippen molar-refractivity contribution < 1.29 is 0 Å². The summed E-state index contributed by atoms with van der Waals surface area (Å²) in [5.74, 6) is 1.93. The molecule has 3 heteroatoms. The smallest absolute Gasteiger partial charge is 0.0189 e. The largest absolute Gasteiger partial charge is 0.326 e. The minimum Gasteiger partial charge on any atom is -0.326 e. The number of rotatable bonds is 5. The summed E-state index contributed by atoms with van der Waals surface area (Å²) in [6.45, 7) is 5.14. The zero-order valence-corrected chi connectivity index (χ0v) is 11.7. The van der Waals surface area contributed by atoms with Crippen LogP contribution >= 0.6 is 27.7 Å². The van der Waals surface area contributed by atoms with Crippen LogP contribution in [0.5, 0.6) is 0 Å². The zero-order chi connectivity index (χ0) is 11.3. The van der Waals surface area contributed by atoms with Gasteiger partial charge in [0.05, 0.1) is 0 Å². The summed E-state index contributed by atoms with van der Waals surface area (Å²) < 4.78 is 1.13. The molecule has 1 aromatic rings. The Morgan fingerprint density at radius 1 is 1.47 bits per heavy atom. The van der Waals surface area contributed by atoms with Gasteiger partial charge in [-0.1, -0.05) is 42.3 Å². The van der Waals surface area contributed by atoms with Gasteiger partial charge in [-0.25, -0.2) is 0 Å².